The maximum absolute atomic E-state index is 12.5. The highest BCUT2D eigenvalue weighted by Gasteiger charge is 2.18. The van der Waals surface area contributed by atoms with Crippen LogP contribution in [0.15, 0.2) is 80.4 Å². The Balaban J connectivity index is 1.38. The Labute approximate surface area is 183 Å². The highest BCUT2D eigenvalue weighted by molar-refractivity contribution is 6.09. The molecule has 2 aromatic heterocycles. The van der Waals surface area contributed by atoms with Crippen LogP contribution in [-0.2, 0) is 0 Å². The van der Waals surface area contributed by atoms with Crippen molar-refractivity contribution in [3.63, 3.8) is 0 Å². The smallest absolute Gasteiger partial charge is 0.349 e. The Kier molecular flexibility index (Phi) is 4.60. The molecule has 5 rings (SSSR count). The lowest BCUT2D eigenvalue weighted by Crippen LogP contribution is -2.42. The van der Waals surface area contributed by atoms with Crippen molar-refractivity contribution in [3.05, 3.63) is 98.6 Å². The summed E-state index contributed by atoms with van der Waals surface area (Å²) in [6.45, 7) is 0. The molecule has 2 heterocycles. The molecular formula is C23H13N3O7. The van der Waals surface area contributed by atoms with Crippen LogP contribution in [0.2, 0.25) is 0 Å². The lowest BCUT2D eigenvalue weighted by molar-refractivity contribution is -0.384. The van der Waals surface area contributed by atoms with Crippen LogP contribution < -0.4 is 16.5 Å². The first-order valence-corrected chi connectivity index (χ1v) is 9.65. The van der Waals surface area contributed by atoms with Gasteiger partial charge in [0.15, 0.2) is 5.76 Å². The topological polar surface area (TPSA) is 145 Å². The van der Waals surface area contributed by atoms with Gasteiger partial charge < -0.3 is 8.83 Å². The molecule has 0 aliphatic rings. The van der Waals surface area contributed by atoms with Crippen molar-refractivity contribution in [2.45, 2.75) is 0 Å². The molecule has 0 unspecified atom stereocenters. The van der Waals surface area contributed by atoms with Gasteiger partial charge in [0.1, 0.15) is 16.7 Å². The van der Waals surface area contributed by atoms with Crippen molar-refractivity contribution in [2.24, 2.45) is 0 Å². The molecule has 0 atom stereocenters. The second kappa shape index (κ2) is 7.61. The summed E-state index contributed by atoms with van der Waals surface area (Å²) >= 11 is 0. The molecule has 162 valence electrons. The van der Waals surface area contributed by atoms with Gasteiger partial charge in [-0.25, -0.2) is 4.79 Å². The predicted octanol–water partition coefficient (Wildman–Crippen LogP) is 3.68. The van der Waals surface area contributed by atoms with Crippen LogP contribution in [0.1, 0.15) is 20.9 Å². The molecule has 33 heavy (non-hydrogen) atoms. The zero-order chi connectivity index (χ0) is 23.1. The molecule has 0 spiro atoms. The first-order chi connectivity index (χ1) is 15.9. The number of nitrogens with zero attached hydrogens (tertiary/aromatic N) is 1. The van der Waals surface area contributed by atoms with Crippen LogP contribution in [0.4, 0.5) is 5.69 Å². The maximum Gasteiger partial charge on any atom is 0.349 e. The number of furan rings is 1. The minimum atomic E-state index is -0.960. The minimum Gasteiger partial charge on any atom is -0.451 e. The lowest BCUT2D eigenvalue weighted by Gasteiger charge is -2.06. The summed E-state index contributed by atoms with van der Waals surface area (Å²) in [4.78, 5) is 47.5. The summed E-state index contributed by atoms with van der Waals surface area (Å²) in [6, 6.07) is 17.6. The fraction of sp³-hybridized carbons (Fsp3) is 0. The molecule has 0 saturated heterocycles. The summed E-state index contributed by atoms with van der Waals surface area (Å²) in [6.07, 6.45) is 0. The summed E-state index contributed by atoms with van der Waals surface area (Å²) in [7, 11) is 0. The molecule has 5 aromatic rings. The summed E-state index contributed by atoms with van der Waals surface area (Å²) in [5.41, 5.74) is 3.29. The van der Waals surface area contributed by atoms with Gasteiger partial charge in [-0.05, 0) is 35.0 Å². The van der Waals surface area contributed by atoms with Crippen molar-refractivity contribution >= 4 is 50.2 Å². The van der Waals surface area contributed by atoms with Gasteiger partial charge in [-0.15, -0.1) is 0 Å². The fourth-order valence-corrected chi connectivity index (χ4v) is 3.53. The number of hydrazine groups is 1. The molecule has 10 heteroatoms. The Morgan fingerprint density at radius 2 is 1.55 bits per heavy atom. The van der Waals surface area contributed by atoms with Crippen LogP contribution in [0.3, 0.4) is 0 Å². The molecule has 2 N–H and O–H groups in total. The number of carbonyl (C=O) groups is 2. The largest absolute Gasteiger partial charge is 0.451 e. The number of non-ortho nitro benzene ring substituents is 1. The van der Waals surface area contributed by atoms with E-state index < -0.39 is 27.9 Å². The third-order valence-corrected chi connectivity index (χ3v) is 5.11. The Hall–Kier alpha value is -4.99. The van der Waals surface area contributed by atoms with Gasteiger partial charge >= 0.3 is 11.5 Å². The Bertz CT molecular complexity index is 1670. The van der Waals surface area contributed by atoms with Crippen LogP contribution in [0.25, 0.3) is 32.7 Å². The van der Waals surface area contributed by atoms with Gasteiger partial charge in [0.2, 0.25) is 0 Å². The molecular weight excluding hydrogens is 430 g/mol. The Morgan fingerprint density at radius 1 is 0.788 bits per heavy atom. The van der Waals surface area contributed by atoms with Crippen molar-refractivity contribution in [1.29, 1.82) is 0 Å². The number of nitrogens with one attached hydrogen (secondary N) is 2. The molecule has 0 aliphatic heterocycles. The molecule has 10 nitrogen and oxygen atoms in total. The van der Waals surface area contributed by atoms with Gasteiger partial charge in [-0.1, -0.05) is 30.3 Å². The molecule has 0 bridgehead atoms. The maximum atomic E-state index is 12.5. The van der Waals surface area contributed by atoms with Crippen molar-refractivity contribution in [3.8, 4) is 0 Å². The zero-order valence-electron chi connectivity index (χ0n) is 16.7. The van der Waals surface area contributed by atoms with E-state index in [1.54, 1.807) is 12.1 Å². The number of rotatable bonds is 3. The molecule has 0 saturated carbocycles. The highest BCUT2D eigenvalue weighted by atomic mass is 16.6. The number of hydrogen-bond donors (Lipinski definition) is 2. The third-order valence-electron chi connectivity index (χ3n) is 5.11. The molecule has 3 aromatic carbocycles. The van der Waals surface area contributed by atoms with E-state index in [1.165, 1.54) is 18.2 Å². The summed E-state index contributed by atoms with van der Waals surface area (Å²) < 4.78 is 10.6. The zero-order valence-corrected chi connectivity index (χ0v) is 16.7. The van der Waals surface area contributed by atoms with E-state index in [-0.39, 0.29) is 22.4 Å². The van der Waals surface area contributed by atoms with E-state index in [1.807, 2.05) is 30.3 Å². The normalized spacial score (nSPS) is 11.0. The molecule has 0 fully saturated rings. The quantitative estimate of drug-likeness (QED) is 0.246. The number of fused-ring (bicyclic) bond motifs is 4. The number of amides is 2. The number of nitro groups is 1. The number of hydrogen-bond acceptors (Lipinski definition) is 7. The fourth-order valence-electron chi connectivity index (χ4n) is 3.53. The SMILES string of the molecule is O=C(NNC(=O)c1cc2cc([N+](=O)[O-])ccc2oc1=O)c1cc2c(ccc3ccccc32)o1. The second-order valence-electron chi connectivity index (χ2n) is 7.14. The molecule has 0 radical (unpaired) electrons. The van der Waals surface area contributed by atoms with Crippen molar-refractivity contribution < 1.29 is 23.3 Å². The van der Waals surface area contributed by atoms with E-state index >= 15 is 0 Å². The summed E-state index contributed by atoms with van der Waals surface area (Å²) in [5.74, 6) is -1.72. The first-order valence-electron chi connectivity index (χ1n) is 9.65. The third kappa shape index (κ3) is 3.55. The monoisotopic (exact) mass is 443 g/mol. The van der Waals surface area contributed by atoms with E-state index in [9.17, 15) is 24.5 Å². The van der Waals surface area contributed by atoms with Gasteiger partial charge in [0, 0.05) is 22.9 Å². The van der Waals surface area contributed by atoms with E-state index in [2.05, 4.69) is 10.9 Å². The van der Waals surface area contributed by atoms with Gasteiger partial charge in [0.25, 0.3) is 11.6 Å². The van der Waals surface area contributed by atoms with Crippen LogP contribution in [0, 0.1) is 10.1 Å². The van der Waals surface area contributed by atoms with Crippen LogP contribution >= 0.6 is 0 Å². The summed E-state index contributed by atoms with van der Waals surface area (Å²) in [5, 5.41) is 13.8. The average Bonchev–Trinajstić information content (AvgIpc) is 3.26. The predicted molar refractivity (Wildman–Crippen MR) is 118 cm³/mol. The van der Waals surface area contributed by atoms with Gasteiger partial charge in [-0.2, -0.15) is 0 Å². The van der Waals surface area contributed by atoms with E-state index in [4.69, 9.17) is 8.83 Å². The van der Waals surface area contributed by atoms with E-state index in [0.29, 0.717) is 5.58 Å². The first kappa shape index (κ1) is 19.9. The highest BCUT2D eigenvalue weighted by Crippen LogP contribution is 2.28. The number of benzene rings is 3. The van der Waals surface area contributed by atoms with E-state index in [0.717, 1.165) is 22.2 Å². The lowest BCUT2D eigenvalue weighted by atomic mass is 10.1. The van der Waals surface area contributed by atoms with Crippen LogP contribution in [0.5, 0.6) is 0 Å². The van der Waals surface area contributed by atoms with Gasteiger partial charge in [-0.3, -0.25) is 30.6 Å². The molecule has 0 aliphatic carbocycles. The number of carbonyl (C=O) groups excluding carboxylic acids is 2. The van der Waals surface area contributed by atoms with Crippen molar-refractivity contribution in [2.75, 3.05) is 0 Å². The second-order valence-corrected chi connectivity index (χ2v) is 7.14. The number of nitro benzene ring substituents is 1. The Morgan fingerprint density at radius 3 is 2.36 bits per heavy atom. The minimum absolute atomic E-state index is 0.0391. The van der Waals surface area contributed by atoms with Crippen LogP contribution in [-0.4, -0.2) is 16.7 Å². The average molecular weight is 443 g/mol. The van der Waals surface area contributed by atoms with Crippen molar-refractivity contribution in [1.82, 2.24) is 10.9 Å². The standard InChI is InChI=1S/C23H13N3O7/c27-21(17-10-13-9-14(26(30)31)6-8-18(13)33-23(17)29)24-25-22(28)20-11-16-15-4-2-1-3-12(15)5-7-19(16)32-20/h1-11H,(H,24,27)(H,25,28). The van der Waals surface area contributed by atoms with Gasteiger partial charge in [0.05, 0.1) is 4.92 Å². The molecule has 2 amide bonds.